The fourth-order valence-corrected chi connectivity index (χ4v) is 3.18. The molecule has 15 heteroatoms. The van der Waals surface area contributed by atoms with Crippen LogP contribution >= 0.6 is 0 Å². The molecule has 1 fully saturated rings. The fourth-order valence-electron chi connectivity index (χ4n) is 3.18. The second kappa shape index (κ2) is 13.1. The maximum atomic E-state index is 12.5. The van der Waals surface area contributed by atoms with Crippen LogP contribution in [0.5, 0.6) is 0 Å². The molecule has 0 aromatic carbocycles. The van der Waals surface area contributed by atoms with Gasteiger partial charge in [-0.25, -0.2) is 0 Å². The molecule has 8 atom stereocenters. The van der Waals surface area contributed by atoms with E-state index < -0.39 is 91.5 Å². The number of hydrogen-bond acceptors (Lipinski definition) is 10. The Morgan fingerprint density at radius 2 is 1.71 bits per heavy atom. The van der Waals surface area contributed by atoms with Crippen molar-refractivity contribution in [2.75, 3.05) is 6.61 Å². The van der Waals surface area contributed by atoms with E-state index in [0.717, 1.165) is 6.92 Å². The van der Waals surface area contributed by atoms with Gasteiger partial charge in [-0.1, -0.05) is 0 Å². The Balaban J connectivity index is 2.80. The zero-order valence-corrected chi connectivity index (χ0v) is 19.0. The van der Waals surface area contributed by atoms with Gasteiger partial charge in [0.15, 0.2) is 6.29 Å². The van der Waals surface area contributed by atoms with Gasteiger partial charge in [0.05, 0.1) is 6.61 Å². The number of primary amides is 1. The Morgan fingerprint density at radius 3 is 2.21 bits per heavy atom. The van der Waals surface area contributed by atoms with Gasteiger partial charge in [0, 0.05) is 13.3 Å². The summed E-state index contributed by atoms with van der Waals surface area (Å²) < 4.78 is 10.6. The maximum Gasteiger partial charge on any atom is 0.303 e. The number of hydrogen-bond donors (Lipinski definition) is 8. The maximum absolute atomic E-state index is 12.5. The van der Waals surface area contributed by atoms with E-state index in [4.69, 9.17) is 20.3 Å². The average molecular weight is 492 g/mol. The van der Waals surface area contributed by atoms with Gasteiger partial charge in [-0.2, -0.15) is 0 Å². The zero-order chi connectivity index (χ0) is 26.2. The molecule has 0 saturated carbocycles. The number of carbonyl (C=O) groups excluding carboxylic acids is 4. The molecule has 1 heterocycles. The quantitative estimate of drug-likeness (QED) is 0.129. The number of amides is 4. The smallest absolute Gasteiger partial charge is 0.303 e. The van der Waals surface area contributed by atoms with E-state index in [1.807, 2.05) is 0 Å². The van der Waals surface area contributed by atoms with E-state index in [9.17, 15) is 39.3 Å². The highest BCUT2D eigenvalue weighted by Crippen LogP contribution is 2.23. The van der Waals surface area contributed by atoms with Crippen LogP contribution in [0.25, 0.3) is 0 Å². The second-order valence-corrected chi connectivity index (χ2v) is 7.83. The lowest BCUT2D eigenvalue weighted by molar-refractivity contribution is -0.266. The van der Waals surface area contributed by atoms with E-state index >= 15 is 0 Å². The molecule has 1 rings (SSSR count). The number of aliphatic hydroxyl groups excluding tert-OH is 3. The third-order valence-corrected chi connectivity index (χ3v) is 5.03. The lowest BCUT2D eigenvalue weighted by Gasteiger charge is -2.43. The first-order valence-corrected chi connectivity index (χ1v) is 10.4. The second-order valence-electron chi connectivity index (χ2n) is 7.83. The van der Waals surface area contributed by atoms with E-state index in [0.29, 0.717) is 0 Å². The van der Waals surface area contributed by atoms with Gasteiger partial charge in [0.2, 0.25) is 23.6 Å². The molecule has 0 aromatic rings. The molecular formula is C19H32N4O11. The molecule has 194 valence electrons. The summed E-state index contributed by atoms with van der Waals surface area (Å²) in [6.45, 7) is 3.06. The number of aliphatic hydroxyl groups is 3. The minimum atomic E-state index is -1.65. The van der Waals surface area contributed by atoms with Crippen LogP contribution in [-0.4, -0.2) is 105 Å². The summed E-state index contributed by atoms with van der Waals surface area (Å²) in [5, 5.41) is 45.5. The van der Waals surface area contributed by atoms with Gasteiger partial charge >= 0.3 is 5.97 Å². The molecule has 0 radical (unpaired) electrons. The molecule has 0 aromatic heterocycles. The molecule has 34 heavy (non-hydrogen) atoms. The molecular weight excluding hydrogens is 460 g/mol. The van der Waals surface area contributed by atoms with Gasteiger partial charge in [0.25, 0.3) is 0 Å². The average Bonchev–Trinajstić information content (AvgIpc) is 2.74. The van der Waals surface area contributed by atoms with Crippen LogP contribution in [0.4, 0.5) is 0 Å². The number of rotatable bonds is 12. The Morgan fingerprint density at radius 1 is 1.09 bits per heavy atom. The molecule has 0 aliphatic carbocycles. The molecule has 0 bridgehead atoms. The minimum Gasteiger partial charge on any atom is -0.481 e. The van der Waals surface area contributed by atoms with Gasteiger partial charge in [-0.15, -0.1) is 0 Å². The number of carbonyl (C=O) groups is 5. The molecule has 9 N–H and O–H groups in total. The lowest BCUT2D eigenvalue weighted by atomic mass is 9.96. The topological polar surface area (TPSA) is 247 Å². The molecule has 1 saturated heterocycles. The molecule has 15 nitrogen and oxygen atoms in total. The molecule has 0 unspecified atom stereocenters. The van der Waals surface area contributed by atoms with Gasteiger partial charge in [-0.05, 0) is 20.3 Å². The summed E-state index contributed by atoms with van der Waals surface area (Å²) in [6.07, 6.45) is -7.74. The summed E-state index contributed by atoms with van der Waals surface area (Å²) in [5.74, 6) is -4.34. The number of nitrogens with one attached hydrogen (secondary N) is 3. The summed E-state index contributed by atoms with van der Waals surface area (Å²) in [4.78, 5) is 58.4. The van der Waals surface area contributed by atoms with Crippen molar-refractivity contribution in [1.29, 1.82) is 0 Å². The van der Waals surface area contributed by atoms with E-state index in [1.165, 1.54) is 13.8 Å². The number of carboxylic acids is 1. The van der Waals surface area contributed by atoms with Crippen molar-refractivity contribution < 1.29 is 53.9 Å². The monoisotopic (exact) mass is 492 g/mol. The van der Waals surface area contributed by atoms with Crippen LogP contribution in [0.3, 0.4) is 0 Å². The Hall–Kier alpha value is -2.85. The minimum absolute atomic E-state index is 0.239. The van der Waals surface area contributed by atoms with Crippen LogP contribution in [0.1, 0.15) is 33.6 Å². The highest BCUT2D eigenvalue weighted by Gasteiger charge is 2.47. The predicted octanol–water partition coefficient (Wildman–Crippen LogP) is -4.33. The fraction of sp³-hybridized carbons (Fsp3) is 0.737. The van der Waals surface area contributed by atoms with Crippen molar-refractivity contribution in [3.05, 3.63) is 0 Å². The van der Waals surface area contributed by atoms with E-state index in [1.54, 1.807) is 0 Å². The Bertz CT molecular complexity index is 765. The highest BCUT2D eigenvalue weighted by molar-refractivity contribution is 5.92. The number of ether oxygens (including phenoxy) is 2. The van der Waals surface area contributed by atoms with Gasteiger partial charge in [0.1, 0.15) is 42.5 Å². The standard InChI is InChI=1S/C19H32N4O11/c1-7(17(30)23-10(16(20)29)4-5-12(26)27)21-18(31)8(2)33-15-13(22-9(3)25)19(32)34-11(6-24)14(15)28/h7-8,10-11,13-15,19,24,28,32H,4-6H2,1-3H3,(H2,20,29)(H,21,31)(H,22,25)(H,23,30)(H,26,27)/t7-,8+,10+,11+,13+,14-,15+,19+/m0/s1. The summed E-state index contributed by atoms with van der Waals surface area (Å²) in [7, 11) is 0. The van der Waals surface area contributed by atoms with E-state index in [-0.39, 0.29) is 6.42 Å². The van der Waals surface area contributed by atoms with Crippen molar-refractivity contribution in [3.63, 3.8) is 0 Å². The molecule has 1 aliphatic rings. The van der Waals surface area contributed by atoms with Crippen LogP contribution in [0, 0.1) is 0 Å². The Labute approximate surface area is 195 Å². The van der Waals surface area contributed by atoms with Crippen molar-refractivity contribution in [3.8, 4) is 0 Å². The highest BCUT2D eigenvalue weighted by atomic mass is 16.6. The molecule has 0 spiro atoms. The van der Waals surface area contributed by atoms with Crippen LogP contribution in [0.15, 0.2) is 0 Å². The van der Waals surface area contributed by atoms with Gasteiger partial charge < -0.3 is 51.6 Å². The van der Waals surface area contributed by atoms with Gasteiger partial charge in [-0.3, -0.25) is 24.0 Å². The summed E-state index contributed by atoms with van der Waals surface area (Å²) >= 11 is 0. The third kappa shape index (κ3) is 8.49. The lowest BCUT2D eigenvalue weighted by Crippen LogP contribution is -2.65. The SMILES string of the molecule is CC(=O)N[C@@H]1[C@@H](O[C@H](C)C(=O)N[C@@H](C)C(=O)N[C@H](CCC(=O)O)C(N)=O)[C@@H](O)[C@@H](CO)O[C@H]1O. The van der Waals surface area contributed by atoms with Crippen molar-refractivity contribution >= 4 is 29.6 Å². The van der Waals surface area contributed by atoms with Crippen molar-refractivity contribution in [2.45, 2.75) is 82.4 Å². The number of aliphatic carboxylic acids is 1. The van der Waals surface area contributed by atoms with Crippen LogP contribution < -0.4 is 21.7 Å². The molecule has 1 aliphatic heterocycles. The predicted molar refractivity (Wildman–Crippen MR) is 112 cm³/mol. The van der Waals surface area contributed by atoms with Crippen LogP contribution in [-0.2, 0) is 33.4 Å². The normalized spacial score (nSPS) is 27.1. The first kappa shape index (κ1) is 29.2. The first-order valence-electron chi connectivity index (χ1n) is 10.4. The summed E-state index contributed by atoms with van der Waals surface area (Å²) in [5.41, 5.74) is 5.16. The van der Waals surface area contributed by atoms with Crippen molar-refractivity contribution in [2.24, 2.45) is 5.73 Å². The zero-order valence-electron chi connectivity index (χ0n) is 19.0. The number of nitrogens with two attached hydrogens (primary N) is 1. The first-order chi connectivity index (χ1) is 15.8. The summed E-state index contributed by atoms with van der Waals surface area (Å²) in [6, 6.07) is -3.71. The number of carboxylic acid groups (broad SMARTS) is 1. The van der Waals surface area contributed by atoms with Crippen molar-refractivity contribution in [1.82, 2.24) is 16.0 Å². The van der Waals surface area contributed by atoms with E-state index in [2.05, 4.69) is 16.0 Å². The Kier molecular flexibility index (Phi) is 11.3. The third-order valence-electron chi connectivity index (χ3n) is 5.03. The largest absolute Gasteiger partial charge is 0.481 e. The van der Waals surface area contributed by atoms with Crippen LogP contribution in [0.2, 0.25) is 0 Å². The molecule has 4 amide bonds.